The van der Waals surface area contributed by atoms with E-state index in [1.54, 1.807) is 0 Å². The normalized spacial score (nSPS) is 9.14. The fourth-order valence-corrected chi connectivity index (χ4v) is 2.26. The van der Waals surface area contributed by atoms with Gasteiger partial charge in [0.2, 0.25) is 0 Å². The molecule has 0 aliphatic heterocycles. The van der Waals surface area contributed by atoms with Gasteiger partial charge in [0.15, 0.2) is 0 Å². The van der Waals surface area contributed by atoms with Crippen LogP contribution in [0.2, 0.25) is 0 Å². The minimum Gasteiger partial charge on any atom is -0.0622 e. The van der Waals surface area contributed by atoms with E-state index in [0.717, 1.165) is 8.58 Å². The van der Waals surface area contributed by atoms with E-state index in [1.807, 2.05) is 0 Å². The summed E-state index contributed by atoms with van der Waals surface area (Å²) in [6.45, 7) is 0. The van der Waals surface area contributed by atoms with Crippen molar-refractivity contribution in [1.82, 2.24) is 0 Å². The largest absolute Gasteiger partial charge is 0.0622 e. The first-order chi connectivity index (χ1) is 6.45. The molecule has 2 heteroatoms. The van der Waals surface area contributed by atoms with Crippen LogP contribution >= 0.6 is 8.58 Å². The predicted octanol–water partition coefficient (Wildman–Crippen LogP) is 2.32. The van der Waals surface area contributed by atoms with Crippen LogP contribution < -0.4 is 10.6 Å². The molecule has 0 saturated heterocycles. The van der Waals surface area contributed by atoms with Crippen LogP contribution in [0.4, 0.5) is 0 Å². The Kier molecular flexibility index (Phi) is 5.86. The Hall–Kier alpha value is 0.234. The van der Waals surface area contributed by atoms with Crippen LogP contribution in [-0.2, 0) is 0 Å². The van der Waals surface area contributed by atoms with E-state index in [9.17, 15) is 0 Å². The van der Waals surface area contributed by atoms with Crippen molar-refractivity contribution in [2.24, 2.45) is 0 Å². The zero-order valence-electron chi connectivity index (χ0n) is 7.85. The molecule has 14 heavy (non-hydrogen) atoms. The topological polar surface area (TPSA) is 0 Å². The Balaban J connectivity index is 0.000000980. The third kappa shape index (κ3) is 3.77. The van der Waals surface area contributed by atoms with Crippen molar-refractivity contribution >= 4 is 19.2 Å². The molecule has 0 heterocycles. The van der Waals surface area contributed by atoms with E-state index < -0.39 is 0 Å². The molecule has 0 aliphatic carbocycles. The SMILES string of the molecule is [Pr].c1ccc(Pc2ccccc2)cc1. The first-order valence-electron chi connectivity index (χ1n) is 4.32. The van der Waals surface area contributed by atoms with Gasteiger partial charge >= 0.3 is 0 Å². The molecule has 0 amide bonds. The summed E-state index contributed by atoms with van der Waals surface area (Å²) in [7, 11) is 0.777. The fourth-order valence-electron chi connectivity index (χ4n) is 1.21. The van der Waals surface area contributed by atoms with E-state index in [4.69, 9.17) is 0 Å². The molecule has 1 radical (unpaired) electrons. The van der Waals surface area contributed by atoms with Crippen LogP contribution in [-0.4, -0.2) is 0 Å². The summed E-state index contributed by atoms with van der Waals surface area (Å²) in [4.78, 5) is 0. The van der Waals surface area contributed by atoms with Crippen molar-refractivity contribution in [2.45, 2.75) is 0 Å². The molecule has 0 atom stereocenters. The molecule has 0 aromatic heterocycles. The van der Waals surface area contributed by atoms with Crippen LogP contribution in [0.15, 0.2) is 60.7 Å². The monoisotopic (exact) mass is 327 g/mol. The molecular weight excluding hydrogens is 316 g/mol. The minimum atomic E-state index is 0. The van der Waals surface area contributed by atoms with E-state index in [-0.39, 0.29) is 41.3 Å². The van der Waals surface area contributed by atoms with Crippen molar-refractivity contribution in [1.29, 1.82) is 0 Å². The van der Waals surface area contributed by atoms with E-state index in [1.165, 1.54) is 10.6 Å². The molecule has 0 unspecified atom stereocenters. The second-order valence-electron chi connectivity index (χ2n) is 2.86. The molecule has 2 rings (SSSR count). The van der Waals surface area contributed by atoms with Gasteiger partial charge in [-0.15, -0.1) is 0 Å². The average molecular weight is 327 g/mol. The second kappa shape index (κ2) is 6.67. The van der Waals surface area contributed by atoms with Gasteiger partial charge in [0.25, 0.3) is 0 Å². The zero-order chi connectivity index (χ0) is 8.93. The van der Waals surface area contributed by atoms with Gasteiger partial charge in [0.1, 0.15) is 0 Å². The molecule has 0 saturated carbocycles. The van der Waals surface area contributed by atoms with Gasteiger partial charge in [-0.05, 0) is 10.6 Å². The molecule has 67 valence electrons. The first kappa shape index (κ1) is 12.3. The number of hydrogen-bond acceptors (Lipinski definition) is 0. The van der Waals surface area contributed by atoms with Gasteiger partial charge in [-0.25, -0.2) is 0 Å². The summed E-state index contributed by atoms with van der Waals surface area (Å²) < 4.78 is 0. The average Bonchev–Trinajstić information content (AvgIpc) is 2.21. The molecule has 0 fully saturated rings. The van der Waals surface area contributed by atoms with Crippen LogP contribution in [0.5, 0.6) is 0 Å². The van der Waals surface area contributed by atoms with Crippen molar-refractivity contribution in [3.05, 3.63) is 60.7 Å². The fraction of sp³-hybridized carbons (Fsp3) is 0. The molecule has 0 nitrogen and oxygen atoms in total. The van der Waals surface area contributed by atoms with Gasteiger partial charge in [-0.2, -0.15) is 0 Å². The van der Waals surface area contributed by atoms with E-state index in [2.05, 4.69) is 60.7 Å². The minimum absolute atomic E-state index is 0. The van der Waals surface area contributed by atoms with Gasteiger partial charge in [-0.1, -0.05) is 69.2 Å². The molecule has 0 spiro atoms. The summed E-state index contributed by atoms with van der Waals surface area (Å²) in [6, 6.07) is 21.2. The second-order valence-corrected chi connectivity index (χ2v) is 4.26. The van der Waals surface area contributed by atoms with Gasteiger partial charge in [0.05, 0.1) is 0 Å². The Morgan fingerprint density at radius 1 is 0.571 bits per heavy atom. The third-order valence-corrected chi connectivity index (χ3v) is 3.08. The van der Waals surface area contributed by atoms with E-state index >= 15 is 0 Å². The Bertz CT molecular complexity index is 321. The maximum Gasteiger partial charge on any atom is 0 e. The van der Waals surface area contributed by atoms with Crippen LogP contribution in [0.3, 0.4) is 0 Å². The van der Waals surface area contributed by atoms with Gasteiger partial charge in [-0.3, -0.25) is 0 Å². The van der Waals surface area contributed by atoms with Gasteiger partial charge < -0.3 is 0 Å². The zero-order valence-corrected chi connectivity index (χ0v) is 12.6. The smallest absolute Gasteiger partial charge is 0 e. The maximum absolute atomic E-state index is 2.17. The van der Waals surface area contributed by atoms with Crippen LogP contribution in [0.1, 0.15) is 0 Å². The maximum atomic E-state index is 2.17. The summed E-state index contributed by atoms with van der Waals surface area (Å²) in [6.07, 6.45) is 0. The molecule has 2 aromatic carbocycles. The first-order valence-corrected chi connectivity index (χ1v) is 5.32. The number of hydrogen-bond donors (Lipinski definition) is 0. The third-order valence-electron chi connectivity index (χ3n) is 1.84. The van der Waals surface area contributed by atoms with E-state index in [0.29, 0.717) is 0 Å². The standard InChI is InChI=1S/C12H11P.Pr/c1-3-7-11(8-4-1)13-12-9-5-2-6-10-12;/h1-10,13H;. The Morgan fingerprint density at radius 2 is 0.929 bits per heavy atom. The van der Waals surface area contributed by atoms with Crippen molar-refractivity contribution in [2.75, 3.05) is 0 Å². The van der Waals surface area contributed by atoms with Crippen LogP contribution in [0, 0.1) is 41.3 Å². The summed E-state index contributed by atoms with van der Waals surface area (Å²) >= 11 is 0. The molecule has 2 aromatic rings. The summed E-state index contributed by atoms with van der Waals surface area (Å²) in [5.74, 6) is 0. The van der Waals surface area contributed by atoms with Crippen LogP contribution in [0.25, 0.3) is 0 Å². The molecule has 0 bridgehead atoms. The van der Waals surface area contributed by atoms with Crippen molar-refractivity contribution in [3.8, 4) is 0 Å². The quantitative estimate of drug-likeness (QED) is 0.743. The number of rotatable bonds is 2. The summed E-state index contributed by atoms with van der Waals surface area (Å²) in [5.41, 5.74) is 0. The van der Waals surface area contributed by atoms with Gasteiger partial charge in [0, 0.05) is 41.3 Å². The molecular formula is C12H11PPr. The molecule has 0 N–H and O–H groups in total. The predicted molar refractivity (Wildman–Crippen MR) is 60.5 cm³/mol. The number of benzene rings is 2. The Morgan fingerprint density at radius 3 is 1.29 bits per heavy atom. The summed E-state index contributed by atoms with van der Waals surface area (Å²) in [5, 5.41) is 2.79. The van der Waals surface area contributed by atoms with Crippen molar-refractivity contribution in [3.63, 3.8) is 0 Å². The molecule has 0 aliphatic rings. The Labute approximate surface area is 120 Å². The van der Waals surface area contributed by atoms with Crippen molar-refractivity contribution < 1.29 is 41.3 Å².